The van der Waals surface area contributed by atoms with Gasteiger partial charge in [-0.1, -0.05) is 36.4 Å². The van der Waals surface area contributed by atoms with E-state index in [1.165, 1.54) is 0 Å². The second kappa shape index (κ2) is 5.52. The first-order valence-electron chi connectivity index (χ1n) is 6.76. The van der Waals surface area contributed by atoms with Crippen LogP contribution in [0.5, 0.6) is 0 Å². The van der Waals surface area contributed by atoms with Crippen LogP contribution in [0.25, 0.3) is 10.8 Å². The van der Waals surface area contributed by atoms with E-state index >= 15 is 0 Å². The number of fused-ring (bicyclic) bond motifs is 1. The first-order valence-corrected chi connectivity index (χ1v) is 8.24. The van der Waals surface area contributed by atoms with Crippen LogP contribution in [0.2, 0.25) is 0 Å². The molecule has 2 aromatic carbocycles. The van der Waals surface area contributed by atoms with Crippen molar-refractivity contribution in [2.45, 2.75) is 23.8 Å². The van der Waals surface area contributed by atoms with Gasteiger partial charge < -0.3 is 4.74 Å². The second-order valence-corrected chi connectivity index (χ2v) is 6.70. The number of hydrogen-bond donors (Lipinski definition) is 1. The zero-order valence-electron chi connectivity index (χ0n) is 11.1. The molecule has 1 heterocycles. The Morgan fingerprint density at radius 3 is 2.75 bits per heavy atom. The standard InChI is InChI=1S/C15H17NO3S/c17-20(18,16-11-13-7-4-10-19-13)15-9-3-6-12-5-1-2-8-14(12)15/h1-3,5-6,8-9,13,16H,4,7,10-11H2/t13-/m0/s1. The maximum atomic E-state index is 12.4. The summed E-state index contributed by atoms with van der Waals surface area (Å²) in [5.74, 6) is 0. The Morgan fingerprint density at radius 2 is 1.95 bits per heavy atom. The van der Waals surface area contributed by atoms with Crippen molar-refractivity contribution in [3.63, 3.8) is 0 Å². The quantitative estimate of drug-likeness (QED) is 0.940. The van der Waals surface area contributed by atoms with Gasteiger partial charge >= 0.3 is 0 Å². The molecule has 0 radical (unpaired) electrons. The Hall–Kier alpha value is -1.43. The molecule has 1 fully saturated rings. The molecule has 106 valence electrons. The van der Waals surface area contributed by atoms with Gasteiger partial charge in [0.05, 0.1) is 11.0 Å². The molecule has 0 amide bonds. The van der Waals surface area contributed by atoms with Crippen LogP contribution in [0, 0.1) is 0 Å². The minimum Gasteiger partial charge on any atom is -0.377 e. The second-order valence-electron chi connectivity index (χ2n) is 4.96. The fourth-order valence-corrected chi connectivity index (χ4v) is 3.81. The van der Waals surface area contributed by atoms with Crippen LogP contribution in [0.4, 0.5) is 0 Å². The molecule has 0 spiro atoms. The van der Waals surface area contributed by atoms with Crippen LogP contribution < -0.4 is 4.72 Å². The molecular formula is C15H17NO3S. The predicted octanol–water partition coefficient (Wildman–Crippen LogP) is 2.30. The molecule has 5 heteroatoms. The molecule has 2 aromatic rings. The van der Waals surface area contributed by atoms with Crippen molar-refractivity contribution in [1.82, 2.24) is 4.72 Å². The minimum atomic E-state index is -3.50. The lowest BCUT2D eigenvalue weighted by molar-refractivity contribution is 0.114. The van der Waals surface area contributed by atoms with Gasteiger partial charge in [0.1, 0.15) is 0 Å². The largest absolute Gasteiger partial charge is 0.377 e. The molecule has 0 aromatic heterocycles. The minimum absolute atomic E-state index is 0.000230. The lowest BCUT2D eigenvalue weighted by Gasteiger charge is -2.12. The van der Waals surface area contributed by atoms with Crippen molar-refractivity contribution in [2.75, 3.05) is 13.2 Å². The highest BCUT2D eigenvalue weighted by molar-refractivity contribution is 7.89. The maximum Gasteiger partial charge on any atom is 0.241 e. The van der Waals surface area contributed by atoms with Gasteiger partial charge in [0.25, 0.3) is 0 Å². The van der Waals surface area contributed by atoms with E-state index in [2.05, 4.69) is 4.72 Å². The predicted molar refractivity (Wildman–Crippen MR) is 78.1 cm³/mol. The average molecular weight is 291 g/mol. The topological polar surface area (TPSA) is 55.4 Å². The van der Waals surface area contributed by atoms with Crippen LogP contribution in [0.15, 0.2) is 47.4 Å². The van der Waals surface area contributed by atoms with Crippen LogP contribution in [0.1, 0.15) is 12.8 Å². The van der Waals surface area contributed by atoms with Gasteiger partial charge in [0.15, 0.2) is 0 Å². The van der Waals surface area contributed by atoms with E-state index in [1.807, 2.05) is 30.3 Å². The summed E-state index contributed by atoms with van der Waals surface area (Å²) >= 11 is 0. The van der Waals surface area contributed by atoms with Crippen molar-refractivity contribution in [3.8, 4) is 0 Å². The number of benzene rings is 2. The fourth-order valence-electron chi connectivity index (χ4n) is 2.52. The van der Waals surface area contributed by atoms with Gasteiger partial charge in [-0.15, -0.1) is 0 Å². The van der Waals surface area contributed by atoms with Crippen molar-refractivity contribution in [1.29, 1.82) is 0 Å². The monoisotopic (exact) mass is 291 g/mol. The zero-order chi connectivity index (χ0) is 14.0. The van der Waals surface area contributed by atoms with E-state index < -0.39 is 10.0 Å². The Bertz CT molecular complexity index is 701. The van der Waals surface area contributed by atoms with Gasteiger partial charge in [-0.3, -0.25) is 0 Å². The van der Waals surface area contributed by atoms with Crippen molar-refractivity contribution in [2.24, 2.45) is 0 Å². The van der Waals surface area contributed by atoms with Crippen LogP contribution in [-0.2, 0) is 14.8 Å². The van der Waals surface area contributed by atoms with Gasteiger partial charge in [0.2, 0.25) is 10.0 Å². The lowest BCUT2D eigenvalue weighted by Crippen LogP contribution is -2.31. The summed E-state index contributed by atoms with van der Waals surface area (Å²) in [7, 11) is -3.50. The Labute approximate surface area is 118 Å². The van der Waals surface area contributed by atoms with Crippen molar-refractivity contribution >= 4 is 20.8 Å². The third kappa shape index (κ3) is 2.70. The van der Waals surface area contributed by atoms with E-state index in [1.54, 1.807) is 12.1 Å². The van der Waals surface area contributed by atoms with Gasteiger partial charge in [0, 0.05) is 18.5 Å². The summed E-state index contributed by atoms with van der Waals surface area (Å²) in [6.45, 7) is 1.06. The summed E-state index contributed by atoms with van der Waals surface area (Å²) in [5, 5.41) is 1.67. The SMILES string of the molecule is O=S(=O)(NC[C@@H]1CCCO1)c1cccc2ccccc12. The van der Waals surface area contributed by atoms with Crippen LogP contribution in [0.3, 0.4) is 0 Å². The normalized spacial score (nSPS) is 19.5. The number of sulfonamides is 1. The molecule has 1 atom stereocenters. The van der Waals surface area contributed by atoms with Gasteiger partial charge in [-0.25, -0.2) is 13.1 Å². The average Bonchev–Trinajstić information content (AvgIpc) is 2.98. The molecule has 3 rings (SSSR count). The number of rotatable bonds is 4. The molecule has 1 aliphatic heterocycles. The van der Waals surface area contributed by atoms with Gasteiger partial charge in [-0.05, 0) is 24.3 Å². The summed E-state index contributed by atoms with van der Waals surface area (Å²) in [6.07, 6.45) is 1.92. The number of hydrogen-bond acceptors (Lipinski definition) is 3. The fraction of sp³-hybridized carbons (Fsp3) is 0.333. The first kappa shape index (κ1) is 13.5. The van der Waals surface area contributed by atoms with E-state index in [9.17, 15) is 8.42 Å². The highest BCUT2D eigenvalue weighted by atomic mass is 32.2. The smallest absolute Gasteiger partial charge is 0.241 e. The maximum absolute atomic E-state index is 12.4. The molecule has 1 saturated heterocycles. The summed E-state index contributed by atoms with van der Waals surface area (Å²) in [6, 6.07) is 12.8. The molecule has 0 unspecified atom stereocenters. The Kier molecular flexibility index (Phi) is 3.74. The zero-order valence-corrected chi connectivity index (χ0v) is 11.9. The van der Waals surface area contributed by atoms with Crippen LogP contribution in [-0.4, -0.2) is 27.7 Å². The highest BCUT2D eigenvalue weighted by Gasteiger charge is 2.21. The molecule has 4 nitrogen and oxygen atoms in total. The molecule has 1 N–H and O–H groups in total. The Balaban J connectivity index is 1.88. The molecule has 0 bridgehead atoms. The number of ether oxygens (including phenoxy) is 1. The molecular weight excluding hydrogens is 274 g/mol. The summed E-state index contributed by atoms with van der Waals surface area (Å²) in [4.78, 5) is 0.327. The molecule has 20 heavy (non-hydrogen) atoms. The molecule has 0 saturated carbocycles. The van der Waals surface area contributed by atoms with Gasteiger partial charge in [-0.2, -0.15) is 0 Å². The van der Waals surface area contributed by atoms with Crippen LogP contribution >= 0.6 is 0 Å². The van der Waals surface area contributed by atoms with E-state index in [0.717, 1.165) is 30.2 Å². The summed E-state index contributed by atoms with van der Waals surface area (Å²) in [5.41, 5.74) is 0. The highest BCUT2D eigenvalue weighted by Crippen LogP contribution is 2.22. The Morgan fingerprint density at radius 1 is 1.15 bits per heavy atom. The van der Waals surface area contributed by atoms with Crippen molar-refractivity contribution < 1.29 is 13.2 Å². The molecule has 1 aliphatic rings. The third-order valence-corrected chi connectivity index (χ3v) is 5.05. The number of nitrogens with one attached hydrogen (secondary N) is 1. The van der Waals surface area contributed by atoms with E-state index in [0.29, 0.717) is 11.4 Å². The molecule has 0 aliphatic carbocycles. The lowest BCUT2D eigenvalue weighted by atomic mass is 10.1. The summed E-state index contributed by atoms with van der Waals surface area (Å²) < 4.78 is 33.0. The van der Waals surface area contributed by atoms with E-state index in [-0.39, 0.29) is 6.10 Å². The van der Waals surface area contributed by atoms with E-state index in [4.69, 9.17) is 4.74 Å². The van der Waals surface area contributed by atoms with Crippen molar-refractivity contribution in [3.05, 3.63) is 42.5 Å². The third-order valence-electron chi connectivity index (χ3n) is 3.56. The first-order chi connectivity index (χ1) is 9.67.